The largest absolute Gasteiger partial charge is 0.507 e. The Balaban J connectivity index is 2.07. The highest BCUT2D eigenvalue weighted by Gasteiger charge is 2.15. The summed E-state index contributed by atoms with van der Waals surface area (Å²) < 4.78 is 5.06. The molecule has 1 aromatic carbocycles. The van der Waals surface area contributed by atoms with Crippen LogP contribution >= 0.6 is 0 Å². The zero-order valence-corrected chi connectivity index (χ0v) is 11.1. The van der Waals surface area contributed by atoms with Crippen molar-refractivity contribution < 1.29 is 19.7 Å². The van der Waals surface area contributed by atoms with Crippen LogP contribution in [-0.4, -0.2) is 23.1 Å². The van der Waals surface area contributed by atoms with Gasteiger partial charge in [-0.05, 0) is 24.3 Å². The Morgan fingerprint density at radius 3 is 2.80 bits per heavy atom. The second-order valence-electron chi connectivity index (χ2n) is 4.48. The van der Waals surface area contributed by atoms with Crippen LogP contribution in [0.4, 0.5) is 0 Å². The van der Waals surface area contributed by atoms with Gasteiger partial charge in [0.1, 0.15) is 11.5 Å². The monoisotopic (exact) mass is 272 g/mol. The molecule has 0 heterocycles. The van der Waals surface area contributed by atoms with Gasteiger partial charge in [0, 0.05) is 12.3 Å². The van der Waals surface area contributed by atoms with Crippen molar-refractivity contribution in [2.24, 2.45) is 5.92 Å². The number of methoxy groups -OCH3 is 1. The lowest BCUT2D eigenvalue weighted by Crippen LogP contribution is -2.05. The molecule has 0 saturated heterocycles. The third-order valence-corrected chi connectivity index (χ3v) is 3.12. The topological polar surface area (TPSA) is 66.8 Å². The zero-order valence-electron chi connectivity index (χ0n) is 11.1. The first kappa shape index (κ1) is 13.9. The van der Waals surface area contributed by atoms with Gasteiger partial charge in [-0.1, -0.05) is 24.3 Å². The van der Waals surface area contributed by atoms with E-state index in [0.29, 0.717) is 12.2 Å². The minimum absolute atomic E-state index is 0.0179. The number of carbonyl (C=O) groups excluding carboxylic acids is 1. The fourth-order valence-electron chi connectivity index (χ4n) is 2.00. The molecule has 0 fully saturated rings. The number of benzene rings is 1. The second kappa shape index (κ2) is 6.10. The maximum atomic E-state index is 12.0. The van der Waals surface area contributed by atoms with Gasteiger partial charge in [-0.25, -0.2) is 0 Å². The van der Waals surface area contributed by atoms with Crippen molar-refractivity contribution in [2.75, 3.05) is 7.11 Å². The molecule has 0 bridgehead atoms. The second-order valence-corrected chi connectivity index (χ2v) is 4.48. The fraction of sp³-hybridized carbons (Fsp3) is 0.188. The molecule has 1 atom stereocenters. The molecule has 2 rings (SSSR count). The van der Waals surface area contributed by atoms with Crippen molar-refractivity contribution >= 4 is 5.78 Å². The summed E-state index contributed by atoms with van der Waals surface area (Å²) in [6, 6.07) is 6.42. The van der Waals surface area contributed by atoms with Gasteiger partial charge in [0.2, 0.25) is 0 Å². The van der Waals surface area contributed by atoms with Crippen LogP contribution < -0.4 is 0 Å². The number of hydrogen-bond acceptors (Lipinski definition) is 4. The first-order valence-electron chi connectivity index (χ1n) is 6.26. The van der Waals surface area contributed by atoms with Gasteiger partial charge >= 0.3 is 0 Å². The van der Waals surface area contributed by atoms with E-state index < -0.39 is 0 Å². The summed E-state index contributed by atoms with van der Waals surface area (Å²) in [7, 11) is 1.50. The molecule has 0 spiro atoms. The van der Waals surface area contributed by atoms with Crippen molar-refractivity contribution in [1.82, 2.24) is 0 Å². The quantitative estimate of drug-likeness (QED) is 0.652. The molecule has 4 heteroatoms. The number of para-hydroxylation sites is 1. The van der Waals surface area contributed by atoms with Crippen LogP contribution in [0.2, 0.25) is 0 Å². The average Bonchev–Trinajstić information content (AvgIpc) is 2.46. The lowest BCUT2D eigenvalue weighted by molar-refractivity contribution is 0.104. The summed E-state index contributed by atoms with van der Waals surface area (Å²) >= 11 is 0. The lowest BCUT2D eigenvalue weighted by atomic mass is 9.97. The molecule has 2 N–H and O–H groups in total. The van der Waals surface area contributed by atoms with Crippen LogP contribution in [0, 0.1) is 5.92 Å². The van der Waals surface area contributed by atoms with Crippen LogP contribution in [-0.2, 0) is 4.74 Å². The van der Waals surface area contributed by atoms with Crippen LogP contribution in [0.15, 0.2) is 60.1 Å². The highest BCUT2D eigenvalue weighted by Crippen LogP contribution is 2.24. The standard InChI is InChI=1S/C16H16O4/c1-20-16-10-11(7-9-15(16)19)6-8-14(18)12-4-2-3-5-13(12)17/h2-9,11,17,19H,10H2,1H3. The van der Waals surface area contributed by atoms with E-state index in [1.165, 1.54) is 19.3 Å². The highest BCUT2D eigenvalue weighted by molar-refractivity contribution is 6.06. The number of ketones is 1. The van der Waals surface area contributed by atoms with Crippen molar-refractivity contribution in [3.8, 4) is 5.75 Å². The molecule has 0 amide bonds. The molecule has 4 nitrogen and oxygen atoms in total. The van der Waals surface area contributed by atoms with E-state index in [0.717, 1.165) is 0 Å². The van der Waals surface area contributed by atoms with Gasteiger partial charge in [0.25, 0.3) is 0 Å². The molecule has 0 saturated carbocycles. The number of rotatable bonds is 4. The molecule has 20 heavy (non-hydrogen) atoms. The van der Waals surface area contributed by atoms with E-state index in [2.05, 4.69) is 0 Å². The number of phenols is 1. The molecule has 1 aromatic rings. The molecule has 1 aliphatic carbocycles. The van der Waals surface area contributed by atoms with Gasteiger partial charge in [-0.2, -0.15) is 0 Å². The number of aliphatic hydroxyl groups excluding tert-OH is 1. The molecule has 104 valence electrons. The Bertz CT molecular complexity index is 596. The van der Waals surface area contributed by atoms with Crippen molar-refractivity contribution in [1.29, 1.82) is 0 Å². The first-order valence-corrected chi connectivity index (χ1v) is 6.26. The van der Waals surface area contributed by atoms with Crippen LogP contribution in [0.5, 0.6) is 5.75 Å². The Morgan fingerprint density at radius 1 is 1.35 bits per heavy atom. The summed E-state index contributed by atoms with van der Waals surface area (Å²) in [6.07, 6.45) is 7.02. The van der Waals surface area contributed by atoms with Crippen LogP contribution in [0.1, 0.15) is 16.8 Å². The summed E-state index contributed by atoms with van der Waals surface area (Å²) in [4.78, 5) is 12.0. The Morgan fingerprint density at radius 2 is 2.10 bits per heavy atom. The number of phenolic OH excluding ortho intramolecular Hbond substituents is 1. The third kappa shape index (κ3) is 3.09. The number of carbonyl (C=O) groups is 1. The summed E-state index contributed by atoms with van der Waals surface area (Å²) in [5.74, 6) is 0.308. The van der Waals surface area contributed by atoms with E-state index in [-0.39, 0.29) is 28.8 Å². The van der Waals surface area contributed by atoms with E-state index in [1.807, 2.05) is 0 Å². The molecule has 0 radical (unpaired) electrons. The Labute approximate surface area is 117 Å². The summed E-state index contributed by atoms with van der Waals surface area (Å²) in [6.45, 7) is 0. The number of allylic oxidation sites excluding steroid dienone is 5. The predicted octanol–water partition coefficient (Wildman–Crippen LogP) is 3.12. The molecule has 0 aromatic heterocycles. The van der Waals surface area contributed by atoms with Crippen molar-refractivity contribution in [3.05, 3.63) is 65.7 Å². The number of hydrogen-bond donors (Lipinski definition) is 2. The number of aliphatic hydroxyl groups is 1. The smallest absolute Gasteiger partial charge is 0.189 e. The number of aromatic hydroxyl groups is 1. The van der Waals surface area contributed by atoms with Crippen LogP contribution in [0.3, 0.4) is 0 Å². The minimum Gasteiger partial charge on any atom is -0.507 e. The van der Waals surface area contributed by atoms with E-state index in [4.69, 9.17) is 4.74 Å². The van der Waals surface area contributed by atoms with Crippen LogP contribution in [0.25, 0.3) is 0 Å². The van der Waals surface area contributed by atoms with Crippen molar-refractivity contribution in [3.63, 3.8) is 0 Å². The van der Waals surface area contributed by atoms with Gasteiger partial charge in [0.05, 0.1) is 12.7 Å². The zero-order chi connectivity index (χ0) is 14.5. The summed E-state index contributed by atoms with van der Waals surface area (Å²) in [5, 5.41) is 19.1. The van der Waals surface area contributed by atoms with Gasteiger partial charge in [-0.15, -0.1) is 0 Å². The van der Waals surface area contributed by atoms with E-state index >= 15 is 0 Å². The van der Waals surface area contributed by atoms with Gasteiger partial charge in [-0.3, -0.25) is 4.79 Å². The van der Waals surface area contributed by atoms with Gasteiger partial charge < -0.3 is 14.9 Å². The molecule has 1 aliphatic rings. The normalized spacial score (nSPS) is 18.6. The van der Waals surface area contributed by atoms with E-state index in [1.54, 1.807) is 36.4 Å². The Kier molecular flexibility index (Phi) is 4.25. The maximum Gasteiger partial charge on any atom is 0.189 e. The maximum absolute atomic E-state index is 12.0. The minimum atomic E-state index is -0.255. The first-order chi connectivity index (χ1) is 9.61. The Hall–Kier alpha value is -2.49. The van der Waals surface area contributed by atoms with Gasteiger partial charge in [0.15, 0.2) is 11.5 Å². The van der Waals surface area contributed by atoms with E-state index in [9.17, 15) is 15.0 Å². The average molecular weight is 272 g/mol. The lowest BCUT2D eigenvalue weighted by Gasteiger charge is -2.16. The third-order valence-electron chi connectivity index (χ3n) is 3.12. The molecule has 0 aliphatic heterocycles. The van der Waals surface area contributed by atoms with Crippen molar-refractivity contribution in [2.45, 2.75) is 6.42 Å². The predicted molar refractivity (Wildman–Crippen MR) is 75.5 cm³/mol. The summed E-state index contributed by atoms with van der Waals surface area (Å²) in [5.41, 5.74) is 0.272. The highest BCUT2D eigenvalue weighted by atomic mass is 16.5. The molecular weight excluding hydrogens is 256 g/mol. The fourth-order valence-corrected chi connectivity index (χ4v) is 2.00. The SMILES string of the molecule is COC1=C(O)C=CC(C=CC(=O)c2ccccc2O)C1. The molecular formula is C16H16O4. The molecule has 1 unspecified atom stereocenters. The number of ether oxygens (including phenoxy) is 1.